The van der Waals surface area contributed by atoms with E-state index in [4.69, 9.17) is 20.4 Å². The first-order valence-corrected chi connectivity index (χ1v) is 3.03. The van der Waals surface area contributed by atoms with Gasteiger partial charge in [0.05, 0.1) is 0 Å². The quantitative estimate of drug-likeness (QED) is 0.253. The number of rotatable bonds is 0. The summed E-state index contributed by atoms with van der Waals surface area (Å²) in [5, 5.41) is 35.6. The van der Waals surface area contributed by atoms with E-state index in [0.717, 1.165) is 6.08 Å². The fourth-order valence-corrected chi connectivity index (χ4v) is 0.850. The second kappa shape index (κ2) is 2.03. The Kier molecular flexibility index (Phi) is 1.56. The van der Waals surface area contributed by atoms with Crippen molar-refractivity contribution >= 4 is 0 Å². The van der Waals surface area contributed by atoms with Crippen LogP contribution in [0.4, 0.5) is 0 Å². The summed E-state index contributed by atoms with van der Waals surface area (Å²) >= 11 is 0. The van der Waals surface area contributed by atoms with E-state index in [1.807, 2.05) is 0 Å². The van der Waals surface area contributed by atoms with E-state index in [1.54, 1.807) is 0 Å². The largest absolute Gasteiger partial charge is 0.361 e. The summed E-state index contributed by atoms with van der Waals surface area (Å²) in [5.41, 5.74) is 0. The molecule has 4 N–H and O–H groups in total. The summed E-state index contributed by atoms with van der Waals surface area (Å²) in [6.07, 6.45) is 2.84. The molecule has 0 saturated heterocycles. The lowest BCUT2D eigenvalue weighted by Gasteiger charge is -2.34. The third-order valence-corrected chi connectivity index (χ3v) is 1.60. The van der Waals surface area contributed by atoms with Gasteiger partial charge >= 0.3 is 0 Å². The molecule has 0 fully saturated rings. The molecular formula is C6H10O4. The molecule has 1 rings (SSSR count). The molecule has 4 heteroatoms. The fraction of sp³-hybridized carbons (Fsp3) is 0.667. The van der Waals surface area contributed by atoms with E-state index in [9.17, 15) is 0 Å². The number of hydrogen-bond donors (Lipinski definition) is 4. The molecule has 0 bridgehead atoms. The molecule has 0 radical (unpaired) electrons. The van der Waals surface area contributed by atoms with Gasteiger partial charge in [-0.15, -0.1) is 0 Å². The SMILES string of the molecule is OC1(O)C=CCCC1(O)O. The number of aliphatic hydroxyl groups is 4. The van der Waals surface area contributed by atoms with Crippen LogP contribution in [-0.4, -0.2) is 32.0 Å². The summed E-state index contributed by atoms with van der Waals surface area (Å²) in [6.45, 7) is 0. The summed E-state index contributed by atoms with van der Waals surface area (Å²) in [4.78, 5) is 0. The molecule has 0 unspecified atom stereocenters. The topological polar surface area (TPSA) is 80.9 Å². The summed E-state index contributed by atoms with van der Waals surface area (Å²) in [7, 11) is 0. The van der Waals surface area contributed by atoms with Crippen molar-refractivity contribution in [2.45, 2.75) is 24.4 Å². The average Bonchev–Trinajstić information content (AvgIpc) is 1.77. The Balaban J connectivity index is 2.87. The van der Waals surface area contributed by atoms with E-state index in [1.165, 1.54) is 6.08 Å². The Morgan fingerprint density at radius 2 is 1.70 bits per heavy atom. The second-order valence-corrected chi connectivity index (χ2v) is 2.48. The van der Waals surface area contributed by atoms with Gasteiger partial charge in [-0.1, -0.05) is 6.08 Å². The number of allylic oxidation sites excluding steroid dienone is 1. The van der Waals surface area contributed by atoms with Gasteiger partial charge in [-0.3, -0.25) is 0 Å². The summed E-state index contributed by atoms with van der Waals surface area (Å²) < 4.78 is 0. The molecule has 0 aromatic heterocycles. The van der Waals surface area contributed by atoms with E-state index in [2.05, 4.69) is 0 Å². The Bertz CT molecular complexity index is 159. The van der Waals surface area contributed by atoms with Crippen LogP contribution in [0.25, 0.3) is 0 Å². The minimum Gasteiger partial charge on any atom is -0.361 e. The van der Waals surface area contributed by atoms with E-state index < -0.39 is 11.6 Å². The molecule has 4 nitrogen and oxygen atoms in total. The van der Waals surface area contributed by atoms with Gasteiger partial charge in [0.1, 0.15) is 0 Å². The zero-order valence-electron chi connectivity index (χ0n) is 5.36. The van der Waals surface area contributed by atoms with Crippen LogP contribution in [0.5, 0.6) is 0 Å². The lowest BCUT2D eigenvalue weighted by atomic mass is 9.95. The third-order valence-electron chi connectivity index (χ3n) is 1.60. The molecule has 0 spiro atoms. The molecule has 1 aliphatic rings. The molecule has 0 atom stereocenters. The van der Waals surface area contributed by atoms with Crippen molar-refractivity contribution in [2.75, 3.05) is 0 Å². The van der Waals surface area contributed by atoms with Gasteiger partial charge in [-0.2, -0.15) is 0 Å². The molecule has 0 aromatic rings. The average molecular weight is 146 g/mol. The fourth-order valence-electron chi connectivity index (χ4n) is 0.850. The highest BCUT2D eigenvalue weighted by atomic mass is 16.6. The summed E-state index contributed by atoms with van der Waals surface area (Å²) in [5.74, 6) is -4.90. The van der Waals surface area contributed by atoms with E-state index in [-0.39, 0.29) is 6.42 Å². The highest BCUT2D eigenvalue weighted by Crippen LogP contribution is 2.27. The van der Waals surface area contributed by atoms with Crippen LogP contribution in [0.1, 0.15) is 12.8 Å². The lowest BCUT2D eigenvalue weighted by molar-refractivity contribution is -0.338. The number of hydrogen-bond acceptors (Lipinski definition) is 4. The normalized spacial score (nSPS) is 28.4. The highest BCUT2D eigenvalue weighted by Gasteiger charge is 2.46. The molecule has 0 heterocycles. The second-order valence-electron chi connectivity index (χ2n) is 2.48. The zero-order chi connectivity index (χ0) is 7.83. The van der Waals surface area contributed by atoms with Gasteiger partial charge in [0.15, 0.2) is 0 Å². The predicted molar refractivity (Wildman–Crippen MR) is 32.7 cm³/mol. The van der Waals surface area contributed by atoms with Gasteiger partial charge in [0.25, 0.3) is 0 Å². The Morgan fingerprint density at radius 3 is 2.00 bits per heavy atom. The van der Waals surface area contributed by atoms with Crippen LogP contribution < -0.4 is 0 Å². The molecule has 0 aromatic carbocycles. The first-order valence-electron chi connectivity index (χ1n) is 3.03. The van der Waals surface area contributed by atoms with E-state index in [0.29, 0.717) is 6.42 Å². The molecule has 1 aliphatic carbocycles. The standard InChI is InChI=1S/C6H10O4/c7-5(8)3-1-2-4-6(5,9)10/h1,3,7-10H,2,4H2. The molecule has 58 valence electrons. The van der Waals surface area contributed by atoms with Crippen LogP contribution in [0.3, 0.4) is 0 Å². The van der Waals surface area contributed by atoms with Crippen molar-refractivity contribution in [3.63, 3.8) is 0 Å². The Morgan fingerprint density at radius 1 is 1.10 bits per heavy atom. The Labute approximate surface area is 58.0 Å². The van der Waals surface area contributed by atoms with Gasteiger partial charge in [-0.25, -0.2) is 0 Å². The molecule has 0 amide bonds. The Hall–Kier alpha value is -0.420. The minimum absolute atomic E-state index is 0.0590. The van der Waals surface area contributed by atoms with Crippen molar-refractivity contribution in [2.24, 2.45) is 0 Å². The van der Waals surface area contributed by atoms with Crippen molar-refractivity contribution < 1.29 is 20.4 Å². The van der Waals surface area contributed by atoms with Crippen molar-refractivity contribution in [3.05, 3.63) is 12.2 Å². The van der Waals surface area contributed by atoms with Crippen LogP contribution >= 0.6 is 0 Å². The highest BCUT2D eigenvalue weighted by molar-refractivity contribution is 5.06. The smallest absolute Gasteiger partial charge is 0.238 e. The van der Waals surface area contributed by atoms with Crippen molar-refractivity contribution in [1.29, 1.82) is 0 Å². The van der Waals surface area contributed by atoms with Crippen LogP contribution in [0, 0.1) is 0 Å². The minimum atomic E-state index is -2.49. The third kappa shape index (κ3) is 1.06. The molecule has 0 saturated carbocycles. The predicted octanol–water partition coefficient (Wildman–Crippen LogP) is -1.30. The first-order chi connectivity index (χ1) is 4.46. The van der Waals surface area contributed by atoms with Crippen LogP contribution in [0.15, 0.2) is 12.2 Å². The van der Waals surface area contributed by atoms with Crippen molar-refractivity contribution in [1.82, 2.24) is 0 Å². The van der Waals surface area contributed by atoms with Gasteiger partial charge in [0, 0.05) is 6.42 Å². The maximum absolute atomic E-state index is 8.91. The maximum Gasteiger partial charge on any atom is 0.238 e. The monoisotopic (exact) mass is 146 g/mol. The van der Waals surface area contributed by atoms with Gasteiger partial charge in [0.2, 0.25) is 11.6 Å². The molecule has 10 heavy (non-hydrogen) atoms. The zero-order valence-corrected chi connectivity index (χ0v) is 5.36. The first kappa shape index (κ1) is 7.68. The van der Waals surface area contributed by atoms with Crippen LogP contribution in [-0.2, 0) is 0 Å². The molecular weight excluding hydrogens is 136 g/mol. The van der Waals surface area contributed by atoms with Crippen molar-refractivity contribution in [3.8, 4) is 0 Å². The van der Waals surface area contributed by atoms with E-state index >= 15 is 0 Å². The van der Waals surface area contributed by atoms with Gasteiger partial charge in [-0.05, 0) is 12.5 Å². The molecule has 0 aliphatic heterocycles. The summed E-state index contributed by atoms with van der Waals surface area (Å²) in [6, 6.07) is 0. The van der Waals surface area contributed by atoms with Crippen LogP contribution in [0.2, 0.25) is 0 Å². The van der Waals surface area contributed by atoms with Gasteiger partial charge < -0.3 is 20.4 Å². The maximum atomic E-state index is 8.91. The lowest BCUT2D eigenvalue weighted by Crippen LogP contribution is -2.54.